The number of hydrogen-bond acceptors (Lipinski definition) is 4. The highest BCUT2D eigenvalue weighted by atomic mass is 16.5. The largest absolute Gasteiger partial charge is 0.507 e. The molecule has 0 fully saturated rings. The second kappa shape index (κ2) is 9.18. The Morgan fingerprint density at radius 3 is 2.40 bits per heavy atom. The van der Waals surface area contributed by atoms with Crippen LogP contribution < -0.4 is 9.47 Å². The number of rotatable bonds is 8. The number of aromatic nitrogens is 2. The maximum absolute atomic E-state index is 10.6. The van der Waals surface area contributed by atoms with Gasteiger partial charge in [-0.1, -0.05) is 49.4 Å². The maximum Gasteiger partial charge on any atom is 0.173 e. The molecule has 0 bridgehead atoms. The summed E-state index contributed by atoms with van der Waals surface area (Å²) in [6.07, 6.45) is 3.39. The predicted molar refractivity (Wildman–Crippen MR) is 117 cm³/mol. The molecule has 0 aliphatic carbocycles. The summed E-state index contributed by atoms with van der Waals surface area (Å²) in [7, 11) is 0. The molecule has 1 aromatic heterocycles. The van der Waals surface area contributed by atoms with E-state index >= 15 is 0 Å². The van der Waals surface area contributed by atoms with Crippen LogP contribution in [-0.4, -0.2) is 21.9 Å². The molecule has 0 atom stereocenters. The number of hydrogen-bond donors (Lipinski definition) is 2. The van der Waals surface area contributed by atoms with Crippen LogP contribution in [0, 0.1) is 0 Å². The molecule has 0 unspecified atom stereocenters. The summed E-state index contributed by atoms with van der Waals surface area (Å²) >= 11 is 0. The smallest absolute Gasteiger partial charge is 0.173 e. The fraction of sp³-hybridized carbons (Fsp3) is 0.160. The van der Waals surface area contributed by atoms with E-state index in [9.17, 15) is 5.11 Å². The van der Waals surface area contributed by atoms with Crippen molar-refractivity contribution in [3.63, 3.8) is 0 Å². The van der Waals surface area contributed by atoms with Gasteiger partial charge in [0.2, 0.25) is 0 Å². The molecular weight excluding hydrogens is 376 g/mol. The van der Waals surface area contributed by atoms with Crippen molar-refractivity contribution in [2.75, 3.05) is 6.61 Å². The minimum atomic E-state index is 0.0997. The van der Waals surface area contributed by atoms with Crippen LogP contribution in [-0.2, 0) is 12.8 Å². The second-order valence-corrected chi connectivity index (χ2v) is 6.97. The first-order valence-corrected chi connectivity index (χ1v) is 10.0. The number of aromatic amines is 1. The third-order valence-electron chi connectivity index (χ3n) is 4.90. The number of benzene rings is 3. The lowest BCUT2D eigenvalue weighted by Gasteiger charge is -2.10. The molecule has 0 radical (unpaired) electrons. The first kappa shape index (κ1) is 19.6. The van der Waals surface area contributed by atoms with Gasteiger partial charge in [-0.2, -0.15) is 5.10 Å². The lowest BCUT2D eigenvalue weighted by molar-refractivity contribution is 0.320. The first-order chi connectivity index (χ1) is 14.7. The van der Waals surface area contributed by atoms with E-state index in [2.05, 4.69) is 29.3 Å². The average Bonchev–Trinajstić information content (AvgIpc) is 3.23. The van der Waals surface area contributed by atoms with Crippen molar-refractivity contribution in [1.29, 1.82) is 0 Å². The van der Waals surface area contributed by atoms with Crippen molar-refractivity contribution in [1.82, 2.24) is 10.2 Å². The highest BCUT2D eigenvalue weighted by Gasteiger charge is 2.15. The molecule has 0 spiro atoms. The normalized spacial score (nSPS) is 10.7. The fourth-order valence-electron chi connectivity index (χ4n) is 3.21. The van der Waals surface area contributed by atoms with Gasteiger partial charge < -0.3 is 14.6 Å². The quantitative estimate of drug-likeness (QED) is 0.395. The van der Waals surface area contributed by atoms with Crippen LogP contribution in [0.2, 0.25) is 0 Å². The summed E-state index contributed by atoms with van der Waals surface area (Å²) in [4.78, 5) is 0. The minimum Gasteiger partial charge on any atom is -0.507 e. The number of aryl methyl sites for hydroxylation is 1. The van der Waals surface area contributed by atoms with Crippen molar-refractivity contribution in [2.24, 2.45) is 0 Å². The highest BCUT2D eigenvalue weighted by Crippen LogP contribution is 2.38. The molecule has 3 aromatic carbocycles. The fourth-order valence-corrected chi connectivity index (χ4v) is 3.21. The number of nitrogens with one attached hydrogen (secondary N) is 1. The van der Waals surface area contributed by atoms with Gasteiger partial charge in [-0.15, -0.1) is 0 Å². The van der Waals surface area contributed by atoms with Crippen LogP contribution in [0.15, 0.2) is 79.0 Å². The third kappa shape index (κ3) is 4.63. The van der Waals surface area contributed by atoms with Crippen LogP contribution in [0.4, 0.5) is 0 Å². The average molecular weight is 400 g/mol. The number of phenolic OH excluding ortho intramolecular Hbond substituents is 1. The lowest BCUT2D eigenvalue weighted by atomic mass is 10.1. The van der Waals surface area contributed by atoms with E-state index in [4.69, 9.17) is 9.47 Å². The Labute approximate surface area is 175 Å². The van der Waals surface area contributed by atoms with Gasteiger partial charge in [-0.05, 0) is 41.8 Å². The summed E-state index contributed by atoms with van der Waals surface area (Å²) in [5, 5.41) is 17.6. The van der Waals surface area contributed by atoms with E-state index in [1.165, 1.54) is 11.1 Å². The zero-order chi connectivity index (χ0) is 20.8. The summed E-state index contributed by atoms with van der Waals surface area (Å²) in [5.41, 5.74) is 3.67. The van der Waals surface area contributed by atoms with Crippen LogP contribution in [0.5, 0.6) is 23.0 Å². The van der Waals surface area contributed by atoms with E-state index in [1.54, 1.807) is 18.3 Å². The number of aromatic hydroxyl groups is 1. The molecule has 2 N–H and O–H groups in total. The Kier molecular flexibility index (Phi) is 5.99. The van der Waals surface area contributed by atoms with E-state index in [0.29, 0.717) is 29.4 Å². The number of ether oxygens (including phenoxy) is 2. The zero-order valence-electron chi connectivity index (χ0n) is 16.8. The molecule has 4 rings (SSSR count). The van der Waals surface area contributed by atoms with Crippen LogP contribution in [0.1, 0.15) is 18.1 Å². The molecule has 152 valence electrons. The van der Waals surface area contributed by atoms with E-state index in [-0.39, 0.29) is 5.75 Å². The second-order valence-electron chi connectivity index (χ2n) is 6.97. The van der Waals surface area contributed by atoms with E-state index in [1.807, 2.05) is 48.5 Å². The molecule has 5 heteroatoms. The Morgan fingerprint density at radius 2 is 1.67 bits per heavy atom. The van der Waals surface area contributed by atoms with Gasteiger partial charge >= 0.3 is 0 Å². The van der Waals surface area contributed by atoms with Crippen LogP contribution in [0.3, 0.4) is 0 Å². The van der Waals surface area contributed by atoms with Crippen molar-refractivity contribution in [2.45, 2.75) is 19.8 Å². The molecule has 0 saturated carbocycles. The van der Waals surface area contributed by atoms with Gasteiger partial charge in [0.15, 0.2) is 5.75 Å². The van der Waals surface area contributed by atoms with Crippen LogP contribution >= 0.6 is 0 Å². The number of phenols is 1. The van der Waals surface area contributed by atoms with Crippen molar-refractivity contribution >= 4 is 0 Å². The Morgan fingerprint density at radius 1 is 0.900 bits per heavy atom. The summed E-state index contributed by atoms with van der Waals surface area (Å²) in [6.45, 7) is 2.65. The standard InChI is InChI=1S/C25H24N2O3/c1-2-18-8-10-20(11-9-18)30-24-17-26-27-25(24)22-13-12-21(16-23(22)28)29-15-14-19-6-4-3-5-7-19/h3-13,16-17,28H,2,14-15H2,1H3,(H,26,27). The topological polar surface area (TPSA) is 67.4 Å². The molecule has 0 amide bonds. The van der Waals surface area contributed by atoms with Gasteiger partial charge in [0, 0.05) is 18.1 Å². The van der Waals surface area contributed by atoms with Gasteiger partial charge in [0.1, 0.15) is 22.9 Å². The summed E-state index contributed by atoms with van der Waals surface area (Å²) in [6, 6.07) is 23.3. The SMILES string of the molecule is CCc1ccc(Oc2cn[nH]c2-c2ccc(OCCc3ccccc3)cc2O)cc1. The maximum atomic E-state index is 10.6. The molecule has 1 heterocycles. The Hall–Kier alpha value is -3.73. The predicted octanol–water partition coefficient (Wildman–Crippen LogP) is 5.76. The van der Waals surface area contributed by atoms with Crippen molar-refractivity contribution in [3.8, 4) is 34.3 Å². The minimum absolute atomic E-state index is 0.0997. The van der Waals surface area contributed by atoms with Gasteiger partial charge in [-0.25, -0.2) is 0 Å². The van der Waals surface area contributed by atoms with Crippen molar-refractivity contribution in [3.05, 3.63) is 90.1 Å². The van der Waals surface area contributed by atoms with Crippen LogP contribution in [0.25, 0.3) is 11.3 Å². The molecule has 30 heavy (non-hydrogen) atoms. The molecule has 0 aliphatic rings. The molecule has 5 nitrogen and oxygen atoms in total. The number of H-pyrrole nitrogens is 1. The van der Waals surface area contributed by atoms with E-state index in [0.717, 1.165) is 18.6 Å². The van der Waals surface area contributed by atoms with Gasteiger partial charge in [-0.3, -0.25) is 5.10 Å². The summed E-state index contributed by atoms with van der Waals surface area (Å²) in [5.74, 6) is 1.98. The van der Waals surface area contributed by atoms with Gasteiger partial charge in [0.25, 0.3) is 0 Å². The highest BCUT2D eigenvalue weighted by molar-refractivity contribution is 5.73. The number of nitrogens with zero attached hydrogens (tertiary/aromatic N) is 1. The molecule has 0 saturated heterocycles. The van der Waals surface area contributed by atoms with Gasteiger partial charge in [0.05, 0.1) is 12.8 Å². The first-order valence-electron chi connectivity index (χ1n) is 10.0. The lowest BCUT2D eigenvalue weighted by Crippen LogP contribution is -2.01. The van der Waals surface area contributed by atoms with E-state index < -0.39 is 0 Å². The molecular formula is C25H24N2O3. The Bertz CT molecular complexity index is 1090. The monoisotopic (exact) mass is 400 g/mol. The van der Waals surface area contributed by atoms with Crippen molar-refractivity contribution < 1.29 is 14.6 Å². The molecule has 4 aromatic rings. The molecule has 0 aliphatic heterocycles. The third-order valence-corrected chi connectivity index (χ3v) is 4.90. The summed E-state index contributed by atoms with van der Waals surface area (Å²) < 4.78 is 11.8. The Balaban J connectivity index is 1.45. The zero-order valence-corrected chi connectivity index (χ0v) is 16.8.